The topological polar surface area (TPSA) is 35.5 Å². The third-order valence-corrected chi connectivity index (χ3v) is 3.01. The Labute approximate surface area is 140 Å². The molecule has 0 aliphatic heterocycles. The summed E-state index contributed by atoms with van der Waals surface area (Å²) in [6.45, 7) is 10.7. The highest BCUT2D eigenvalue weighted by Gasteiger charge is 2.09. The van der Waals surface area contributed by atoms with Gasteiger partial charge in [-0.1, -0.05) is 46.8 Å². The monoisotopic (exact) mass is 326 g/mol. The summed E-state index contributed by atoms with van der Waals surface area (Å²) in [5.41, 5.74) is 0.651. The van der Waals surface area contributed by atoms with Gasteiger partial charge in [-0.3, -0.25) is 4.79 Å². The Morgan fingerprint density at radius 1 is 1.22 bits per heavy atom. The first-order chi connectivity index (χ1) is 11.0. The van der Waals surface area contributed by atoms with Gasteiger partial charge in [0.15, 0.2) is 11.6 Å². The number of unbranched alkanes of at least 4 members (excludes halogenated alkanes) is 1. The first-order valence-electron chi connectivity index (χ1n) is 8.60. The Morgan fingerprint density at radius 2 is 1.91 bits per heavy atom. The predicted octanol–water partition coefficient (Wildman–Crippen LogP) is 5.16. The van der Waals surface area contributed by atoms with Crippen molar-refractivity contribution < 1.29 is 18.7 Å². The van der Waals surface area contributed by atoms with E-state index in [1.54, 1.807) is 19.1 Å². The second-order valence-electron chi connectivity index (χ2n) is 5.47. The molecule has 0 bridgehead atoms. The highest BCUT2D eigenvalue weighted by Crippen LogP contribution is 2.22. The van der Waals surface area contributed by atoms with Gasteiger partial charge in [0, 0.05) is 6.42 Å². The average Bonchev–Trinajstić information content (AvgIpc) is 2.56. The molecule has 0 aromatic heterocycles. The summed E-state index contributed by atoms with van der Waals surface area (Å²) < 4.78 is 24.7. The van der Waals surface area contributed by atoms with E-state index < -0.39 is 0 Å². The van der Waals surface area contributed by atoms with E-state index in [0.717, 1.165) is 12.8 Å². The fourth-order valence-electron chi connectivity index (χ4n) is 1.82. The number of hydrogen-bond donors (Lipinski definition) is 0. The molecule has 0 atom stereocenters. The molecular formula is C19H31FO3. The molecule has 0 saturated heterocycles. The summed E-state index contributed by atoms with van der Waals surface area (Å²) >= 11 is 0. The van der Waals surface area contributed by atoms with Crippen molar-refractivity contribution in [1.82, 2.24) is 0 Å². The number of hydrogen-bond acceptors (Lipinski definition) is 3. The molecule has 4 heteroatoms. The van der Waals surface area contributed by atoms with Gasteiger partial charge in [-0.05, 0) is 36.8 Å². The lowest BCUT2D eigenvalue weighted by atomic mass is 10.1. The van der Waals surface area contributed by atoms with Crippen molar-refractivity contribution in [3.63, 3.8) is 0 Å². The van der Waals surface area contributed by atoms with E-state index in [1.807, 2.05) is 33.8 Å². The Hall–Kier alpha value is -1.58. The SMILES string of the molecule is CC.CCC(=O)OCCCCc1cccc(OCC(C)C)c1F. The van der Waals surface area contributed by atoms with Crippen molar-refractivity contribution in [2.75, 3.05) is 13.2 Å². The zero-order chi connectivity index (χ0) is 17.7. The third-order valence-electron chi connectivity index (χ3n) is 3.01. The van der Waals surface area contributed by atoms with Crippen molar-refractivity contribution in [2.24, 2.45) is 5.92 Å². The van der Waals surface area contributed by atoms with Crippen molar-refractivity contribution in [3.8, 4) is 5.75 Å². The summed E-state index contributed by atoms with van der Waals surface area (Å²) in [6, 6.07) is 5.24. The summed E-state index contributed by atoms with van der Waals surface area (Å²) in [5, 5.41) is 0. The molecule has 0 heterocycles. The maximum atomic E-state index is 14.2. The normalized spacial score (nSPS) is 10.0. The second kappa shape index (κ2) is 12.9. The van der Waals surface area contributed by atoms with Crippen LogP contribution in [0.1, 0.15) is 59.4 Å². The van der Waals surface area contributed by atoms with Gasteiger partial charge in [0.2, 0.25) is 0 Å². The molecule has 1 aromatic carbocycles. The van der Waals surface area contributed by atoms with Crippen molar-refractivity contribution >= 4 is 5.97 Å². The first-order valence-corrected chi connectivity index (χ1v) is 8.60. The molecule has 0 unspecified atom stereocenters. The Bertz CT molecular complexity index is 444. The van der Waals surface area contributed by atoms with Gasteiger partial charge in [0.1, 0.15) is 0 Å². The van der Waals surface area contributed by atoms with Gasteiger partial charge in [-0.25, -0.2) is 4.39 Å². The number of ether oxygens (including phenoxy) is 2. The van der Waals surface area contributed by atoms with Gasteiger partial charge in [-0.2, -0.15) is 0 Å². The number of halogens is 1. The lowest BCUT2D eigenvalue weighted by Gasteiger charge is -2.12. The van der Waals surface area contributed by atoms with E-state index in [1.165, 1.54) is 0 Å². The molecule has 0 spiro atoms. The van der Waals surface area contributed by atoms with Crippen molar-refractivity contribution in [1.29, 1.82) is 0 Å². The van der Waals surface area contributed by atoms with Crippen LogP contribution in [-0.4, -0.2) is 19.2 Å². The summed E-state index contributed by atoms with van der Waals surface area (Å²) in [4.78, 5) is 11.0. The molecule has 0 radical (unpaired) electrons. The zero-order valence-corrected chi connectivity index (χ0v) is 15.2. The lowest BCUT2D eigenvalue weighted by Crippen LogP contribution is -2.07. The number of rotatable bonds is 9. The minimum absolute atomic E-state index is 0.190. The summed E-state index contributed by atoms with van der Waals surface area (Å²) in [6.07, 6.45) is 2.53. The van der Waals surface area contributed by atoms with E-state index in [9.17, 15) is 9.18 Å². The van der Waals surface area contributed by atoms with E-state index in [2.05, 4.69) is 0 Å². The number of carbonyl (C=O) groups excluding carboxylic acids is 1. The number of esters is 1. The maximum Gasteiger partial charge on any atom is 0.305 e. The summed E-state index contributed by atoms with van der Waals surface area (Å²) in [5.74, 6) is 0.217. The fourth-order valence-corrected chi connectivity index (χ4v) is 1.82. The minimum Gasteiger partial charge on any atom is -0.490 e. The van der Waals surface area contributed by atoms with Crippen LogP contribution in [0.4, 0.5) is 4.39 Å². The van der Waals surface area contributed by atoms with Crippen LogP contribution >= 0.6 is 0 Å². The van der Waals surface area contributed by atoms with Crippen molar-refractivity contribution in [3.05, 3.63) is 29.6 Å². The molecule has 0 aliphatic carbocycles. The van der Waals surface area contributed by atoms with Gasteiger partial charge in [-0.15, -0.1) is 0 Å². The molecule has 0 fully saturated rings. The molecule has 132 valence electrons. The molecule has 0 N–H and O–H groups in total. The number of aryl methyl sites for hydroxylation is 1. The smallest absolute Gasteiger partial charge is 0.305 e. The van der Waals surface area contributed by atoms with E-state index >= 15 is 0 Å². The molecule has 0 saturated carbocycles. The van der Waals surface area contributed by atoms with Crippen LogP contribution in [0.15, 0.2) is 18.2 Å². The number of benzene rings is 1. The van der Waals surface area contributed by atoms with Gasteiger partial charge < -0.3 is 9.47 Å². The lowest BCUT2D eigenvalue weighted by molar-refractivity contribution is -0.143. The van der Waals surface area contributed by atoms with Crippen LogP contribution in [0.5, 0.6) is 5.75 Å². The molecule has 1 aromatic rings. The Kier molecular flexibility index (Phi) is 12.0. The maximum absolute atomic E-state index is 14.2. The van der Waals surface area contributed by atoms with Crippen LogP contribution in [0, 0.1) is 11.7 Å². The quantitative estimate of drug-likeness (QED) is 0.464. The fraction of sp³-hybridized carbons (Fsp3) is 0.632. The van der Waals surface area contributed by atoms with E-state index in [-0.39, 0.29) is 11.8 Å². The molecule has 1 rings (SSSR count). The predicted molar refractivity (Wildman–Crippen MR) is 92.3 cm³/mol. The largest absolute Gasteiger partial charge is 0.490 e. The minimum atomic E-state index is -0.274. The molecular weight excluding hydrogens is 295 g/mol. The van der Waals surface area contributed by atoms with Crippen molar-refractivity contribution in [2.45, 2.75) is 60.3 Å². The average molecular weight is 326 g/mol. The molecule has 0 amide bonds. The molecule has 3 nitrogen and oxygen atoms in total. The highest BCUT2D eigenvalue weighted by molar-refractivity contribution is 5.68. The number of carbonyl (C=O) groups is 1. The standard InChI is InChI=1S/C17H25FO3.C2H6/c1-4-16(19)20-11-6-5-8-14-9-7-10-15(17(14)18)21-12-13(2)3;1-2/h7,9-10,13H,4-6,8,11-12H2,1-3H3;1-2H3. The van der Waals surface area contributed by atoms with E-state index in [4.69, 9.17) is 9.47 Å². The molecule has 0 aliphatic rings. The third kappa shape index (κ3) is 9.22. The van der Waals surface area contributed by atoms with Crippen LogP contribution in [0.3, 0.4) is 0 Å². The van der Waals surface area contributed by atoms with Gasteiger partial charge in [0.25, 0.3) is 0 Å². The van der Waals surface area contributed by atoms with Crippen LogP contribution in [-0.2, 0) is 16.0 Å². The Balaban J connectivity index is 0.00000232. The molecule has 23 heavy (non-hydrogen) atoms. The highest BCUT2D eigenvalue weighted by atomic mass is 19.1. The second-order valence-corrected chi connectivity index (χ2v) is 5.47. The zero-order valence-electron chi connectivity index (χ0n) is 15.2. The van der Waals surface area contributed by atoms with E-state index in [0.29, 0.717) is 43.3 Å². The van der Waals surface area contributed by atoms with Crippen LogP contribution < -0.4 is 4.74 Å². The van der Waals surface area contributed by atoms with Crippen LogP contribution in [0.2, 0.25) is 0 Å². The first kappa shape index (κ1) is 21.4. The Morgan fingerprint density at radius 3 is 2.52 bits per heavy atom. The van der Waals surface area contributed by atoms with Crippen LogP contribution in [0.25, 0.3) is 0 Å². The van der Waals surface area contributed by atoms with Gasteiger partial charge >= 0.3 is 5.97 Å². The van der Waals surface area contributed by atoms with Gasteiger partial charge in [0.05, 0.1) is 13.2 Å². The summed E-state index contributed by atoms with van der Waals surface area (Å²) in [7, 11) is 0.